The average Bonchev–Trinajstić information content (AvgIpc) is 3.22. The molecule has 0 N–H and O–H groups in total. The lowest BCUT2D eigenvalue weighted by molar-refractivity contribution is 0.653. The summed E-state index contributed by atoms with van der Waals surface area (Å²) in [6.45, 7) is 4.11. The van der Waals surface area contributed by atoms with E-state index in [1.54, 1.807) is 18.3 Å². The number of nitriles is 2. The molecule has 1 aliphatic rings. The van der Waals surface area contributed by atoms with E-state index in [9.17, 15) is 10.5 Å². The molecule has 6 nitrogen and oxygen atoms in total. The van der Waals surface area contributed by atoms with Crippen molar-refractivity contribution < 1.29 is 4.42 Å². The number of hydrogen-bond acceptors (Lipinski definition) is 6. The highest BCUT2D eigenvalue weighted by Gasteiger charge is 2.36. The zero-order valence-corrected chi connectivity index (χ0v) is 16.3. The first-order valence-electron chi connectivity index (χ1n) is 9.32. The molecule has 0 aliphatic carbocycles. The zero-order valence-electron chi connectivity index (χ0n) is 16.3. The Labute approximate surface area is 167 Å². The molecule has 0 unspecified atom stereocenters. The van der Waals surface area contributed by atoms with Gasteiger partial charge in [-0.2, -0.15) is 10.5 Å². The molecular formula is C23H17N5O. The van der Waals surface area contributed by atoms with Gasteiger partial charge in [0.25, 0.3) is 0 Å². The van der Waals surface area contributed by atoms with Gasteiger partial charge in [-0.25, -0.2) is 4.98 Å². The molecule has 0 saturated heterocycles. The third kappa shape index (κ3) is 2.23. The van der Waals surface area contributed by atoms with Crippen LogP contribution in [0.5, 0.6) is 0 Å². The summed E-state index contributed by atoms with van der Waals surface area (Å²) in [5, 5.41) is 21.3. The number of benzene rings is 2. The molecule has 0 saturated carbocycles. The molecule has 0 spiro atoms. The fourth-order valence-electron chi connectivity index (χ4n) is 4.24. The molecule has 0 bridgehead atoms. The molecule has 2 aromatic heterocycles. The van der Waals surface area contributed by atoms with E-state index in [2.05, 4.69) is 41.9 Å². The third-order valence-electron chi connectivity index (χ3n) is 5.75. The smallest absolute Gasteiger partial charge is 0.227 e. The van der Waals surface area contributed by atoms with E-state index >= 15 is 0 Å². The predicted octanol–water partition coefficient (Wildman–Crippen LogP) is 4.97. The van der Waals surface area contributed by atoms with E-state index in [-0.39, 0.29) is 6.17 Å². The van der Waals surface area contributed by atoms with Gasteiger partial charge in [-0.05, 0) is 49.7 Å². The number of fused-ring (bicyclic) bond motifs is 4. The van der Waals surface area contributed by atoms with Crippen molar-refractivity contribution in [3.05, 3.63) is 59.3 Å². The van der Waals surface area contributed by atoms with Crippen molar-refractivity contribution in [2.24, 2.45) is 0 Å². The van der Waals surface area contributed by atoms with Gasteiger partial charge >= 0.3 is 0 Å². The van der Waals surface area contributed by atoms with Gasteiger partial charge < -0.3 is 14.2 Å². The third-order valence-corrected chi connectivity index (χ3v) is 5.75. The van der Waals surface area contributed by atoms with Crippen LogP contribution in [0, 0.1) is 29.6 Å². The summed E-state index contributed by atoms with van der Waals surface area (Å²) >= 11 is 0. The Morgan fingerprint density at radius 1 is 1.03 bits per heavy atom. The van der Waals surface area contributed by atoms with E-state index in [4.69, 9.17) is 4.42 Å². The lowest BCUT2D eigenvalue weighted by Gasteiger charge is -2.29. The van der Waals surface area contributed by atoms with Gasteiger partial charge in [0.2, 0.25) is 5.71 Å². The van der Waals surface area contributed by atoms with Gasteiger partial charge in [0, 0.05) is 35.8 Å². The fourth-order valence-corrected chi connectivity index (χ4v) is 4.24. The van der Waals surface area contributed by atoms with Crippen LogP contribution in [0.1, 0.15) is 23.6 Å². The highest BCUT2D eigenvalue weighted by Crippen LogP contribution is 2.48. The summed E-state index contributed by atoms with van der Waals surface area (Å²) in [5.41, 5.74) is 6.00. The highest BCUT2D eigenvalue weighted by atomic mass is 16.3. The number of aryl methyl sites for hydroxylation is 1. The molecule has 0 amide bonds. The van der Waals surface area contributed by atoms with Gasteiger partial charge in [-0.15, -0.1) is 0 Å². The van der Waals surface area contributed by atoms with E-state index in [0.29, 0.717) is 16.8 Å². The molecular weight excluding hydrogens is 362 g/mol. The van der Waals surface area contributed by atoms with Crippen molar-refractivity contribution in [1.29, 1.82) is 10.5 Å². The molecule has 0 radical (unpaired) electrons. The van der Waals surface area contributed by atoms with Gasteiger partial charge in [0.15, 0.2) is 0 Å². The molecule has 1 aliphatic heterocycles. The van der Waals surface area contributed by atoms with Gasteiger partial charge in [-0.1, -0.05) is 0 Å². The summed E-state index contributed by atoms with van der Waals surface area (Å²) in [4.78, 5) is 8.48. The number of rotatable bonds is 1. The second-order valence-electron chi connectivity index (χ2n) is 7.29. The summed E-state index contributed by atoms with van der Waals surface area (Å²) in [5.74, 6) is 0. The Balaban J connectivity index is 1.80. The van der Waals surface area contributed by atoms with E-state index in [0.717, 1.165) is 39.0 Å². The lowest BCUT2D eigenvalue weighted by Crippen LogP contribution is -2.36. The number of nitrogens with zero attached hydrogens (tertiary/aromatic N) is 5. The summed E-state index contributed by atoms with van der Waals surface area (Å²) < 4.78 is 5.99. The number of furan rings is 1. The molecule has 0 fully saturated rings. The van der Waals surface area contributed by atoms with E-state index < -0.39 is 0 Å². The quantitative estimate of drug-likeness (QED) is 0.465. The summed E-state index contributed by atoms with van der Waals surface area (Å²) in [6.07, 6.45) is 1.65. The average molecular weight is 379 g/mol. The first kappa shape index (κ1) is 17.1. The zero-order chi connectivity index (χ0) is 20.3. The van der Waals surface area contributed by atoms with Crippen LogP contribution >= 0.6 is 0 Å². The Kier molecular flexibility index (Phi) is 3.53. The van der Waals surface area contributed by atoms with Crippen molar-refractivity contribution in [3.8, 4) is 12.1 Å². The van der Waals surface area contributed by atoms with Crippen LogP contribution in [0.3, 0.4) is 0 Å². The molecule has 2 aromatic carbocycles. The van der Waals surface area contributed by atoms with Crippen LogP contribution in [-0.2, 0) is 0 Å². The van der Waals surface area contributed by atoms with Crippen molar-refractivity contribution in [2.75, 3.05) is 16.8 Å². The SMILES string of the molecule is Cc1cc2c(cc1N1c3c(C#N)ccc(C#N)c3N(C)[C@@H]1C)oc1ncccc12. The Morgan fingerprint density at radius 2 is 1.76 bits per heavy atom. The van der Waals surface area contributed by atoms with Gasteiger partial charge in [0.1, 0.15) is 23.9 Å². The fraction of sp³-hybridized carbons (Fsp3) is 0.174. The van der Waals surface area contributed by atoms with Crippen LogP contribution < -0.4 is 9.80 Å². The number of hydrogen-bond donors (Lipinski definition) is 0. The van der Waals surface area contributed by atoms with Crippen molar-refractivity contribution in [3.63, 3.8) is 0 Å². The maximum atomic E-state index is 9.73. The van der Waals surface area contributed by atoms with Crippen LogP contribution in [-0.4, -0.2) is 18.2 Å². The predicted molar refractivity (Wildman–Crippen MR) is 112 cm³/mol. The standard InChI is InChI=1S/C23H17N5O/c1-13-9-18-17-5-4-8-26-23(17)29-20(18)10-19(13)28-14(2)27(3)21-15(11-24)6-7-16(12-25)22(21)28/h4-10,14H,1-3H3/t14-/m0/s1. The normalized spacial score (nSPS) is 15.6. The minimum Gasteiger partial charge on any atom is -0.438 e. The Bertz CT molecular complexity index is 1390. The van der Waals surface area contributed by atoms with Crippen LogP contribution in [0.15, 0.2) is 47.0 Å². The lowest BCUT2D eigenvalue weighted by atomic mass is 10.0. The number of anilines is 3. The van der Waals surface area contributed by atoms with Gasteiger partial charge in [0.05, 0.1) is 22.5 Å². The number of aromatic nitrogens is 1. The largest absolute Gasteiger partial charge is 0.438 e. The Morgan fingerprint density at radius 3 is 2.48 bits per heavy atom. The molecule has 140 valence electrons. The molecule has 1 atom stereocenters. The van der Waals surface area contributed by atoms with Crippen molar-refractivity contribution >= 4 is 39.1 Å². The highest BCUT2D eigenvalue weighted by molar-refractivity contribution is 6.05. The second kappa shape index (κ2) is 5.98. The van der Waals surface area contributed by atoms with E-state index in [1.165, 1.54) is 0 Å². The second-order valence-corrected chi connectivity index (χ2v) is 7.29. The van der Waals surface area contributed by atoms with E-state index in [1.807, 2.05) is 30.1 Å². The first-order chi connectivity index (χ1) is 14.0. The Hall–Kier alpha value is -4.03. The summed E-state index contributed by atoms with van der Waals surface area (Å²) in [7, 11) is 1.95. The summed E-state index contributed by atoms with van der Waals surface area (Å²) in [6, 6.07) is 16.0. The van der Waals surface area contributed by atoms with Crippen molar-refractivity contribution in [2.45, 2.75) is 20.0 Å². The first-order valence-corrected chi connectivity index (χ1v) is 9.32. The van der Waals surface area contributed by atoms with Crippen molar-refractivity contribution in [1.82, 2.24) is 4.98 Å². The van der Waals surface area contributed by atoms with Crippen LogP contribution in [0.4, 0.5) is 17.1 Å². The topological polar surface area (TPSA) is 80.1 Å². The van der Waals surface area contributed by atoms with Crippen LogP contribution in [0.2, 0.25) is 0 Å². The van der Waals surface area contributed by atoms with Gasteiger partial charge in [-0.3, -0.25) is 0 Å². The molecule has 5 rings (SSSR count). The molecule has 6 heteroatoms. The monoisotopic (exact) mass is 379 g/mol. The molecule has 3 heterocycles. The minimum absolute atomic E-state index is 0.0646. The minimum atomic E-state index is -0.0646. The maximum absolute atomic E-state index is 9.73. The molecule has 4 aromatic rings. The van der Waals surface area contributed by atoms with Crippen LogP contribution in [0.25, 0.3) is 22.1 Å². The number of pyridine rings is 1. The molecule has 29 heavy (non-hydrogen) atoms. The maximum Gasteiger partial charge on any atom is 0.227 e.